The molecule has 2 fully saturated rings. The summed E-state index contributed by atoms with van der Waals surface area (Å²) < 4.78 is 5.44. The van der Waals surface area contributed by atoms with E-state index >= 15 is 0 Å². The first-order valence-electron chi connectivity index (χ1n) is 6.10. The molecule has 2 heterocycles. The van der Waals surface area contributed by atoms with Gasteiger partial charge in [-0.3, -0.25) is 9.69 Å². The molecular formula is C11H21N3O2. The zero-order valence-electron chi connectivity index (χ0n) is 9.65. The monoisotopic (exact) mass is 227 g/mol. The van der Waals surface area contributed by atoms with Gasteiger partial charge in [0.1, 0.15) is 0 Å². The number of nitrogens with one attached hydrogen (secondary N) is 1. The molecule has 0 aliphatic carbocycles. The van der Waals surface area contributed by atoms with E-state index < -0.39 is 0 Å². The van der Waals surface area contributed by atoms with Crippen LogP contribution in [0.4, 0.5) is 0 Å². The van der Waals surface area contributed by atoms with Crippen molar-refractivity contribution < 1.29 is 9.53 Å². The average molecular weight is 227 g/mol. The summed E-state index contributed by atoms with van der Waals surface area (Å²) in [6, 6.07) is 0.242. The van der Waals surface area contributed by atoms with E-state index in [2.05, 4.69) is 10.2 Å². The van der Waals surface area contributed by atoms with Crippen molar-refractivity contribution in [3.63, 3.8) is 0 Å². The molecule has 0 spiro atoms. The van der Waals surface area contributed by atoms with Crippen LogP contribution in [0.2, 0.25) is 0 Å². The highest BCUT2D eigenvalue weighted by atomic mass is 16.5. The van der Waals surface area contributed by atoms with E-state index in [1.54, 1.807) is 0 Å². The SMILES string of the molecule is N[C@@H]1CCN(CC(=O)NC[C@@H]2CCCO2)C1. The lowest BCUT2D eigenvalue weighted by Gasteiger charge is -2.16. The number of carbonyl (C=O) groups excluding carboxylic acids is 1. The van der Waals surface area contributed by atoms with Gasteiger partial charge in [-0.05, 0) is 19.3 Å². The number of hydrogen-bond acceptors (Lipinski definition) is 4. The fourth-order valence-corrected chi connectivity index (χ4v) is 2.30. The lowest BCUT2D eigenvalue weighted by atomic mass is 10.2. The summed E-state index contributed by atoms with van der Waals surface area (Å²) in [4.78, 5) is 13.7. The molecule has 0 bridgehead atoms. The lowest BCUT2D eigenvalue weighted by Crippen LogP contribution is -2.40. The molecular weight excluding hydrogens is 206 g/mol. The summed E-state index contributed by atoms with van der Waals surface area (Å²) in [7, 11) is 0. The largest absolute Gasteiger partial charge is 0.376 e. The van der Waals surface area contributed by atoms with Gasteiger partial charge < -0.3 is 15.8 Å². The Morgan fingerprint density at radius 1 is 1.50 bits per heavy atom. The quantitative estimate of drug-likeness (QED) is 0.667. The number of nitrogens with two attached hydrogens (primary N) is 1. The van der Waals surface area contributed by atoms with Crippen LogP contribution in [0.3, 0.4) is 0 Å². The number of likely N-dealkylation sites (tertiary alicyclic amines) is 1. The number of amides is 1. The molecule has 0 unspecified atom stereocenters. The zero-order chi connectivity index (χ0) is 11.4. The minimum atomic E-state index is 0.0876. The summed E-state index contributed by atoms with van der Waals surface area (Å²) in [6.07, 6.45) is 3.40. The minimum absolute atomic E-state index is 0.0876. The van der Waals surface area contributed by atoms with Crippen molar-refractivity contribution in [2.24, 2.45) is 5.73 Å². The van der Waals surface area contributed by atoms with Crippen LogP contribution in [0.15, 0.2) is 0 Å². The molecule has 0 aromatic heterocycles. The van der Waals surface area contributed by atoms with Gasteiger partial charge in [0, 0.05) is 32.3 Å². The highest BCUT2D eigenvalue weighted by molar-refractivity contribution is 5.78. The van der Waals surface area contributed by atoms with E-state index in [4.69, 9.17) is 10.5 Å². The molecule has 16 heavy (non-hydrogen) atoms. The van der Waals surface area contributed by atoms with Crippen molar-refractivity contribution in [1.82, 2.24) is 10.2 Å². The Bertz CT molecular complexity index is 241. The molecule has 0 saturated carbocycles. The Kier molecular flexibility index (Phi) is 4.15. The summed E-state index contributed by atoms with van der Waals surface area (Å²) >= 11 is 0. The predicted octanol–water partition coefficient (Wildman–Crippen LogP) is -0.685. The van der Waals surface area contributed by atoms with Gasteiger partial charge >= 0.3 is 0 Å². The molecule has 2 rings (SSSR count). The van der Waals surface area contributed by atoms with Gasteiger partial charge in [-0.2, -0.15) is 0 Å². The molecule has 0 aromatic rings. The summed E-state index contributed by atoms with van der Waals surface area (Å²) in [6.45, 7) is 3.74. The predicted molar refractivity (Wildman–Crippen MR) is 61.0 cm³/mol. The number of rotatable bonds is 4. The van der Waals surface area contributed by atoms with Crippen LogP contribution in [0.5, 0.6) is 0 Å². The standard InChI is InChI=1S/C11H21N3O2/c12-9-3-4-14(7-9)8-11(15)13-6-10-2-1-5-16-10/h9-10H,1-8,12H2,(H,13,15)/t9-,10+/m1/s1. The molecule has 92 valence electrons. The fraction of sp³-hybridized carbons (Fsp3) is 0.909. The van der Waals surface area contributed by atoms with Gasteiger partial charge in [0.05, 0.1) is 12.6 Å². The Hall–Kier alpha value is -0.650. The van der Waals surface area contributed by atoms with Crippen molar-refractivity contribution in [1.29, 1.82) is 0 Å². The van der Waals surface area contributed by atoms with Crippen LogP contribution < -0.4 is 11.1 Å². The van der Waals surface area contributed by atoms with Crippen LogP contribution in [0.1, 0.15) is 19.3 Å². The molecule has 1 amide bonds. The number of carbonyl (C=O) groups is 1. The van der Waals surface area contributed by atoms with Crippen molar-refractivity contribution >= 4 is 5.91 Å². The lowest BCUT2D eigenvalue weighted by molar-refractivity contribution is -0.122. The third-order valence-corrected chi connectivity index (χ3v) is 3.23. The summed E-state index contributed by atoms with van der Waals surface area (Å²) in [5.41, 5.74) is 5.78. The molecule has 2 aliphatic rings. The second-order valence-electron chi connectivity index (χ2n) is 4.72. The average Bonchev–Trinajstić information content (AvgIpc) is 2.87. The van der Waals surface area contributed by atoms with Crippen molar-refractivity contribution in [2.75, 3.05) is 32.8 Å². The molecule has 2 saturated heterocycles. The number of ether oxygens (including phenoxy) is 1. The van der Waals surface area contributed by atoms with Crippen molar-refractivity contribution in [2.45, 2.75) is 31.4 Å². The van der Waals surface area contributed by atoms with Crippen LogP contribution in [0.25, 0.3) is 0 Å². The van der Waals surface area contributed by atoms with Gasteiger partial charge in [-0.1, -0.05) is 0 Å². The van der Waals surface area contributed by atoms with Crippen LogP contribution in [-0.2, 0) is 9.53 Å². The third kappa shape index (κ3) is 3.43. The Balaban J connectivity index is 1.60. The van der Waals surface area contributed by atoms with E-state index in [9.17, 15) is 4.79 Å². The maximum Gasteiger partial charge on any atom is 0.234 e. The van der Waals surface area contributed by atoms with Gasteiger partial charge in [0.2, 0.25) is 5.91 Å². The summed E-state index contributed by atoms with van der Waals surface area (Å²) in [5, 5.41) is 2.92. The van der Waals surface area contributed by atoms with Gasteiger partial charge in [0.25, 0.3) is 0 Å². The molecule has 5 heteroatoms. The third-order valence-electron chi connectivity index (χ3n) is 3.23. The van der Waals surface area contributed by atoms with Crippen LogP contribution >= 0.6 is 0 Å². The van der Waals surface area contributed by atoms with E-state index in [0.717, 1.165) is 39.0 Å². The fourth-order valence-electron chi connectivity index (χ4n) is 2.30. The van der Waals surface area contributed by atoms with E-state index in [1.165, 1.54) is 0 Å². The molecule has 0 radical (unpaired) electrons. The Labute approximate surface area is 96.3 Å². The van der Waals surface area contributed by atoms with E-state index in [-0.39, 0.29) is 18.1 Å². The highest BCUT2D eigenvalue weighted by Crippen LogP contribution is 2.10. The number of hydrogen-bond donors (Lipinski definition) is 2. The van der Waals surface area contributed by atoms with Gasteiger partial charge in [-0.15, -0.1) is 0 Å². The van der Waals surface area contributed by atoms with Gasteiger partial charge in [-0.25, -0.2) is 0 Å². The molecule has 2 atom stereocenters. The normalized spacial score (nSPS) is 30.8. The van der Waals surface area contributed by atoms with Crippen molar-refractivity contribution in [3.8, 4) is 0 Å². The second-order valence-corrected chi connectivity index (χ2v) is 4.72. The van der Waals surface area contributed by atoms with Gasteiger partial charge in [0.15, 0.2) is 0 Å². The van der Waals surface area contributed by atoms with Crippen LogP contribution in [0, 0.1) is 0 Å². The maximum absolute atomic E-state index is 11.6. The van der Waals surface area contributed by atoms with Crippen LogP contribution in [-0.4, -0.2) is 55.7 Å². The number of nitrogens with zero attached hydrogens (tertiary/aromatic N) is 1. The van der Waals surface area contributed by atoms with E-state index in [0.29, 0.717) is 13.1 Å². The topological polar surface area (TPSA) is 67.6 Å². The maximum atomic E-state index is 11.6. The Morgan fingerprint density at radius 2 is 2.38 bits per heavy atom. The first-order valence-corrected chi connectivity index (χ1v) is 6.10. The molecule has 2 aliphatic heterocycles. The Morgan fingerprint density at radius 3 is 3.00 bits per heavy atom. The van der Waals surface area contributed by atoms with E-state index in [1.807, 2.05) is 0 Å². The molecule has 5 nitrogen and oxygen atoms in total. The first kappa shape index (κ1) is 11.8. The molecule has 3 N–H and O–H groups in total. The zero-order valence-corrected chi connectivity index (χ0v) is 9.65. The molecule has 0 aromatic carbocycles. The summed E-state index contributed by atoms with van der Waals surface area (Å²) in [5.74, 6) is 0.0876. The first-order chi connectivity index (χ1) is 7.74. The minimum Gasteiger partial charge on any atom is -0.376 e. The second kappa shape index (κ2) is 5.61. The smallest absolute Gasteiger partial charge is 0.234 e. The van der Waals surface area contributed by atoms with Crippen molar-refractivity contribution in [3.05, 3.63) is 0 Å². The highest BCUT2D eigenvalue weighted by Gasteiger charge is 2.21.